The highest BCUT2D eigenvalue weighted by molar-refractivity contribution is 5.64. The van der Waals surface area contributed by atoms with Gasteiger partial charge in [0.15, 0.2) is 0 Å². The van der Waals surface area contributed by atoms with Gasteiger partial charge in [0, 0.05) is 30.8 Å². The van der Waals surface area contributed by atoms with Gasteiger partial charge in [-0.1, -0.05) is 12.1 Å². The maximum atomic E-state index is 4.19. The fourth-order valence-corrected chi connectivity index (χ4v) is 2.12. The van der Waals surface area contributed by atoms with E-state index in [1.54, 1.807) is 0 Å². The van der Waals surface area contributed by atoms with Crippen LogP contribution in [0.15, 0.2) is 24.4 Å². The van der Waals surface area contributed by atoms with E-state index in [-0.39, 0.29) is 0 Å². The molecule has 108 valence electrons. The predicted molar refractivity (Wildman–Crippen MR) is 83.8 cm³/mol. The number of aryl methyl sites for hydroxylation is 2. The van der Waals surface area contributed by atoms with Crippen molar-refractivity contribution in [3.8, 4) is 11.3 Å². The summed E-state index contributed by atoms with van der Waals surface area (Å²) in [6.07, 6.45) is 1.91. The molecule has 0 spiro atoms. The number of hydrogen-bond acceptors (Lipinski definition) is 3. The van der Waals surface area contributed by atoms with Crippen LogP contribution in [0, 0.1) is 13.8 Å². The molecule has 0 radical (unpaired) electrons. The Bertz CT molecular complexity index is 557. The van der Waals surface area contributed by atoms with Crippen molar-refractivity contribution in [1.29, 1.82) is 0 Å². The Morgan fingerprint density at radius 2 is 2.00 bits per heavy atom. The van der Waals surface area contributed by atoms with E-state index in [0.29, 0.717) is 0 Å². The lowest BCUT2D eigenvalue weighted by Gasteiger charge is -2.11. The van der Waals surface area contributed by atoms with Gasteiger partial charge in [0.1, 0.15) is 0 Å². The second-order valence-electron chi connectivity index (χ2n) is 5.55. The lowest BCUT2D eigenvalue weighted by molar-refractivity contribution is 0.400. The number of hydrogen-bond donors (Lipinski definition) is 2. The Hall–Kier alpha value is -1.65. The minimum Gasteiger partial charge on any atom is -0.311 e. The van der Waals surface area contributed by atoms with Crippen LogP contribution >= 0.6 is 0 Å². The number of aromatic nitrogens is 2. The normalized spacial score (nSPS) is 11.2. The molecule has 0 aliphatic rings. The maximum absolute atomic E-state index is 4.19. The van der Waals surface area contributed by atoms with Gasteiger partial charge in [-0.3, -0.25) is 5.10 Å². The second kappa shape index (κ2) is 6.68. The minimum absolute atomic E-state index is 0.840. The van der Waals surface area contributed by atoms with Gasteiger partial charge in [0.25, 0.3) is 0 Å². The Morgan fingerprint density at radius 1 is 1.20 bits per heavy atom. The zero-order valence-electron chi connectivity index (χ0n) is 12.8. The van der Waals surface area contributed by atoms with E-state index in [9.17, 15) is 0 Å². The standard InChI is InChI=1S/C16H24N4/c1-12-5-6-14(9-13(12)2)16-15(11-18-19-16)10-17-7-8-20(3)4/h5-6,9,11,17H,7-8,10H2,1-4H3,(H,18,19). The third kappa shape index (κ3) is 3.68. The molecule has 4 heteroatoms. The third-order valence-electron chi connectivity index (χ3n) is 3.56. The van der Waals surface area contributed by atoms with Gasteiger partial charge in [0.05, 0.1) is 11.9 Å². The van der Waals surface area contributed by atoms with Crippen molar-refractivity contribution in [2.24, 2.45) is 0 Å². The molecule has 0 saturated heterocycles. The van der Waals surface area contributed by atoms with Crippen LogP contribution in [0.1, 0.15) is 16.7 Å². The zero-order valence-corrected chi connectivity index (χ0v) is 12.8. The molecule has 1 aromatic carbocycles. The molecule has 0 saturated carbocycles. The number of nitrogens with zero attached hydrogens (tertiary/aromatic N) is 2. The molecule has 20 heavy (non-hydrogen) atoms. The molecule has 0 aliphatic heterocycles. The number of nitrogens with one attached hydrogen (secondary N) is 2. The number of H-pyrrole nitrogens is 1. The van der Waals surface area contributed by atoms with Gasteiger partial charge in [-0.05, 0) is 45.1 Å². The summed E-state index contributed by atoms with van der Waals surface area (Å²) in [5, 5.41) is 10.8. The molecule has 1 aromatic heterocycles. The van der Waals surface area contributed by atoms with Gasteiger partial charge in [-0.2, -0.15) is 5.10 Å². The van der Waals surface area contributed by atoms with Crippen LogP contribution in [0.2, 0.25) is 0 Å². The van der Waals surface area contributed by atoms with Gasteiger partial charge in [0.2, 0.25) is 0 Å². The van der Waals surface area contributed by atoms with Crippen LogP contribution in [-0.2, 0) is 6.54 Å². The average Bonchev–Trinajstić information content (AvgIpc) is 2.86. The van der Waals surface area contributed by atoms with E-state index in [4.69, 9.17) is 0 Å². The first kappa shape index (κ1) is 14.8. The number of rotatable bonds is 6. The molecule has 0 bridgehead atoms. The van der Waals surface area contributed by atoms with Crippen LogP contribution < -0.4 is 5.32 Å². The summed E-state index contributed by atoms with van der Waals surface area (Å²) in [4.78, 5) is 2.17. The van der Waals surface area contributed by atoms with Gasteiger partial charge in [-0.25, -0.2) is 0 Å². The monoisotopic (exact) mass is 272 g/mol. The van der Waals surface area contributed by atoms with Gasteiger partial charge in [-0.15, -0.1) is 0 Å². The zero-order chi connectivity index (χ0) is 14.5. The van der Waals surface area contributed by atoms with Crippen LogP contribution in [0.3, 0.4) is 0 Å². The molecule has 0 unspecified atom stereocenters. The molecule has 0 fully saturated rings. The fraction of sp³-hybridized carbons (Fsp3) is 0.438. The van der Waals surface area contributed by atoms with Crippen LogP contribution in [-0.4, -0.2) is 42.3 Å². The lowest BCUT2D eigenvalue weighted by atomic mass is 10.0. The van der Waals surface area contributed by atoms with Crippen LogP contribution in [0.5, 0.6) is 0 Å². The molecule has 0 amide bonds. The van der Waals surface area contributed by atoms with Crippen molar-refractivity contribution < 1.29 is 0 Å². The molecule has 4 nitrogen and oxygen atoms in total. The van der Waals surface area contributed by atoms with E-state index in [1.807, 2.05) is 6.20 Å². The highest BCUT2D eigenvalue weighted by Crippen LogP contribution is 2.23. The number of aromatic amines is 1. The van der Waals surface area contributed by atoms with Gasteiger partial charge < -0.3 is 10.2 Å². The van der Waals surface area contributed by atoms with Crippen molar-refractivity contribution in [2.75, 3.05) is 27.2 Å². The number of benzene rings is 1. The average molecular weight is 272 g/mol. The lowest BCUT2D eigenvalue weighted by Crippen LogP contribution is -2.26. The molecule has 2 aromatic rings. The van der Waals surface area contributed by atoms with E-state index in [1.165, 1.54) is 22.3 Å². The highest BCUT2D eigenvalue weighted by atomic mass is 15.1. The Morgan fingerprint density at radius 3 is 2.70 bits per heavy atom. The molecular weight excluding hydrogens is 248 g/mol. The summed E-state index contributed by atoms with van der Waals surface area (Å²) < 4.78 is 0. The van der Waals surface area contributed by atoms with Crippen molar-refractivity contribution in [2.45, 2.75) is 20.4 Å². The van der Waals surface area contributed by atoms with Crippen molar-refractivity contribution in [1.82, 2.24) is 20.4 Å². The van der Waals surface area contributed by atoms with Crippen molar-refractivity contribution in [3.63, 3.8) is 0 Å². The first-order valence-corrected chi connectivity index (χ1v) is 7.03. The van der Waals surface area contributed by atoms with Crippen LogP contribution in [0.25, 0.3) is 11.3 Å². The largest absolute Gasteiger partial charge is 0.311 e. The van der Waals surface area contributed by atoms with E-state index >= 15 is 0 Å². The summed E-state index contributed by atoms with van der Waals surface area (Å²) in [7, 11) is 4.17. The van der Waals surface area contributed by atoms with E-state index in [2.05, 4.69) is 66.6 Å². The maximum Gasteiger partial charge on any atom is 0.0695 e. The summed E-state index contributed by atoms with van der Waals surface area (Å²) in [5.74, 6) is 0. The third-order valence-corrected chi connectivity index (χ3v) is 3.56. The quantitative estimate of drug-likeness (QED) is 0.793. The molecule has 1 heterocycles. The summed E-state index contributed by atoms with van der Waals surface area (Å²) in [5.41, 5.74) is 6.16. The van der Waals surface area contributed by atoms with E-state index < -0.39 is 0 Å². The summed E-state index contributed by atoms with van der Waals surface area (Å²) in [6, 6.07) is 6.53. The van der Waals surface area contributed by atoms with Crippen LogP contribution in [0.4, 0.5) is 0 Å². The predicted octanol–water partition coefficient (Wildman–Crippen LogP) is 2.34. The van der Waals surface area contributed by atoms with Crippen molar-refractivity contribution in [3.05, 3.63) is 41.1 Å². The first-order valence-electron chi connectivity index (χ1n) is 7.03. The van der Waals surface area contributed by atoms with E-state index in [0.717, 1.165) is 25.3 Å². The van der Waals surface area contributed by atoms with Gasteiger partial charge >= 0.3 is 0 Å². The Balaban J connectivity index is 2.06. The Labute approximate surface area is 121 Å². The molecule has 0 atom stereocenters. The molecule has 2 N–H and O–H groups in total. The number of likely N-dealkylation sites (N-methyl/N-ethyl adjacent to an activating group) is 1. The smallest absolute Gasteiger partial charge is 0.0695 e. The summed E-state index contributed by atoms with van der Waals surface area (Å²) >= 11 is 0. The molecule has 2 rings (SSSR count). The Kier molecular flexibility index (Phi) is 4.93. The summed E-state index contributed by atoms with van der Waals surface area (Å²) in [6.45, 7) is 7.13. The topological polar surface area (TPSA) is 44.0 Å². The highest BCUT2D eigenvalue weighted by Gasteiger charge is 2.08. The molecular formula is C16H24N4. The second-order valence-corrected chi connectivity index (χ2v) is 5.55. The SMILES string of the molecule is Cc1ccc(-c2[nH]ncc2CNCCN(C)C)cc1C. The van der Waals surface area contributed by atoms with Crippen molar-refractivity contribution >= 4 is 0 Å². The first-order chi connectivity index (χ1) is 9.58. The minimum atomic E-state index is 0.840. The fourth-order valence-electron chi connectivity index (χ4n) is 2.12. The molecule has 0 aliphatic carbocycles.